The largest absolute Gasteiger partial charge is 0.495 e. The molecule has 0 saturated heterocycles. The van der Waals surface area contributed by atoms with Crippen LogP contribution in [-0.2, 0) is 0 Å². The van der Waals surface area contributed by atoms with Crippen LogP contribution in [0.4, 0.5) is 0 Å². The van der Waals surface area contributed by atoms with Crippen LogP contribution in [0, 0.1) is 6.92 Å². The lowest BCUT2D eigenvalue weighted by Crippen LogP contribution is -1.94. The molecule has 2 heterocycles. The van der Waals surface area contributed by atoms with E-state index in [2.05, 4.69) is 25.9 Å². The van der Waals surface area contributed by atoms with Crippen LogP contribution in [-0.4, -0.2) is 17.1 Å². The Morgan fingerprint density at radius 2 is 2.10 bits per heavy atom. The summed E-state index contributed by atoms with van der Waals surface area (Å²) in [5, 5.41) is 3.24. The van der Waals surface area contributed by atoms with Gasteiger partial charge in [0.15, 0.2) is 5.82 Å². The highest BCUT2D eigenvalue weighted by Gasteiger charge is 2.15. The third-order valence-electron chi connectivity index (χ3n) is 2.96. The number of hydrogen-bond donors (Lipinski definition) is 0. The Hall–Kier alpha value is -1.17. The Labute approximate surface area is 133 Å². The standard InChI is InChI=1S/C14H10BrClN2OS/c1-7-5-8(15)6-9-11(7)17-14(18-13(9)16)12-10(19-2)3-4-20-12/h3-6H,1-2H3. The Kier molecular flexibility index (Phi) is 3.67. The molecule has 0 amide bonds. The van der Waals surface area contributed by atoms with Gasteiger partial charge in [-0.3, -0.25) is 0 Å². The zero-order valence-corrected chi connectivity index (χ0v) is 13.9. The van der Waals surface area contributed by atoms with Crippen LogP contribution >= 0.6 is 38.9 Å². The molecule has 0 atom stereocenters. The molecule has 0 aliphatic heterocycles. The average Bonchev–Trinajstić information content (AvgIpc) is 2.88. The number of nitrogens with zero attached hydrogens (tertiary/aromatic N) is 2. The molecule has 0 spiro atoms. The summed E-state index contributed by atoms with van der Waals surface area (Å²) >= 11 is 11.3. The molecule has 3 nitrogen and oxygen atoms in total. The van der Waals surface area contributed by atoms with Crippen molar-refractivity contribution in [2.45, 2.75) is 6.92 Å². The van der Waals surface area contributed by atoms with Crippen molar-refractivity contribution in [3.05, 3.63) is 38.8 Å². The van der Waals surface area contributed by atoms with Gasteiger partial charge in [0.1, 0.15) is 15.8 Å². The number of ether oxygens (including phenoxy) is 1. The number of hydrogen-bond acceptors (Lipinski definition) is 4. The minimum atomic E-state index is 0.449. The van der Waals surface area contributed by atoms with E-state index in [0.29, 0.717) is 11.0 Å². The van der Waals surface area contributed by atoms with E-state index in [1.807, 2.05) is 30.5 Å². The second-order valence-corrected chi connectivity index (χ2v) is 6.46. The molecule has 1 aromatic carbocycles. The molecule has 0 bridgehead atoms. The van der Waals surface area contributed by atoms with Crippen molar-refractivity contribution >= 4 is 49.8 Å². The van der Waals surface area contributed by atoms with Gasteiger partial charge in [0, 0.05) is 9.86 Å². The van der Waals surface area contributed by atoms with E-state index in [0.717, 1.165) is 31.6 Å². The molecule has 3 aromatic rings. The first-order valence-electron chi connectivity index (χ1n) is 5.85. The molecule has 0 radical (unpaired) electrons. The number of halogens is 2. The maximum Gasteiger partial charge on any atom is 0.175 e. The van der Waals surface area contributed by atoms with E-state index in [1.165, 1.54) is 11.3 Å². The zero-order valence-electron chi connectivity index (χ0n) is 10.8. The minimum absolute atomic E-state index is 0.449. The van der Waals surface area contributed by atoms with Crippen molar-refractivity contribution in [2.75, 3.05) is 7.11 Å². The summed E-state index contributed by atoms with van der Waals surface area (Å²) in [5.74, 6) is 1.36. The molecule has 20 heavy (non-hydrogen) atoms. The highest BCUT2D eigenvalue weighted by atomic mass is 79.9. The Balaban J connectivity index is 2.30. The number of aryl methyl sites for hydroxylation is 1. The first-order chi connectivity index (χ1) is 9.60. The van der Waals surface area contributed by atoms with Crippen LogP contribution < -0.4 is 4.74 Å². The van der Waals surface area contributed by atoms with Crippen LogP contribution in [0.5, 0.6) is 5.75 Å². The smallest absolute Gasteiger partial charge is 0.175 e. The van der Waals surface area contributed by atoms with Crippen molar-refractivity contribution < 1.29 is 4.74 Å². The van der Waals surface area contributed by atoms with Gasteiger partial charge in [-0.1, -0.05) is 27.5 Å². The molecule has 0 saturated carbocycles. The summed E-state index contributed by atoms with van der Waals surface area (Å²) in [5.41, 5.74) is 1.91. The van der Waals surface area contributed by atoms with Gasteiger partial charge in [0.2, 0.25) is 0 Å². The number of benzene rings is 1. The van der Waals surface area contributed by atoms with Crippen LogP contribution in [0.1, 0.15) is 5.56 Å². The highest BCUT2D eigenvalue weighted by molar-refractivity contribution is 9.10. The topological polar surface area (TPSA) is 35.0 Å². The Bertz CT molecular complexity index is 803. The second-order valence-electron chi connectivity index (χ2n) is 4.27. The van der Waals surface area contributed by atoms with Crippen LogP contribution in [0.3, 0.4) is 0 Å². The van der Waals surface area contributed by atoms with Crippen LogP contribution in [0.15, 0.2) is 28.1 Å². The number of aromatic nitrogens is 2. The van der Waals surface area contributed by atoms with Gasteiger partial charge in [-0.15, -0.1) is 11.3 Å². The number of thiophene rings is 1. The first-order valence-corrected chi connectivity index (χ1v) is 7.90. The van der Waals surface area contributed by atoms with Gasteiger partial charge < -0.3 is 4.74 Å². The van der Waals surface area contributed by atoms with E-state index in [-0.39, 0.29) is 0 Å². The summed E-state index contributed by atoms with van der Waals surface area (Å²) in [6.45, 7) is 2.01. The molecule has 0 aliphatic rings. The first kappa shape index (κ1) is 13.8. The fourth-order valence-corrected chi connectivity index (χ4v) is 3.64. The molecule has 0 unspecified atom stereocenters. The fraction of sp³-hybridized carbons (Fsp3) is 0.143. The van der Waals surface area contributed by atoms with Crippen LogP contribution in [0.2, 0.25) is 5.15 Å². The zero-order chi connectivity index (χ0) is 14.3. The van der Waals surface area contributed by atoms with Crippen molar-refractivity contribution in [2.24, 2.45) is 0 Å². The molecular weight excluding hydrogens is 360 g/mol. The van der Waals surface area contributed by atoms with E-state index in [1.54, 1.807) is 7.11 Å². The summed E-state index contributed by atoms with van der Waals surface area (Å²) in [7, 11) is 1.64. The van der Waals surface area contributed by atoms with Crippen molar-refractivity contribution in [1.82, 2.24) is 9.97 Å². The molecule has 0 fully saturated rings. The lowest BCUT2D eigenvalue weighted by atomic mass is 10.1. The molecule has 0 N–H and O–H groups in total. The quantitative estimate of drug-likeness (QED) is 0.590. The lowest BCUT2D eigenvalue weighted by molar-refractivity contribution is 0.418. The van der Waals surface area contributed by atoms with Gasteiger partial charge >= 0.3 is 0 Å². The summed E-state index contributed by atoms with van der Waals surface area (Å²) in [4.78, 5) is 9.93. The van der Waals surface area contributed by atoms with E-state index < -0.39 is 0 Å². The van der Waals surface area contributed by atoms with Crippen molar-refractivity contribution in [1.29, 1.82) is 0 Å². The van der Waals surface area contributed by atoms with E-state index in [4.69, 9.17) is 16.3 Å². The van der Waals surface area contributed by atoms with Crippen LogP contribution in [0.25, 0.3) is 21.6 Å². The third kappa shape index (κ3) is 2.30. The monoisotopic (exact) mass is 368 g/mol. The number of rotatable bonds is 2. The van der Waals surface area contributed by atoms with Gasteiger partial charge in [-0.25, -0.2) is 9.97 Å². The lowest BCUT2D eigenvalue weighted by Gasteiger charge is -2.07. The molecule has 102 valence electrons. The SMILES string of the molecule is COc1ccsc1-c1nc(Cl)c2cc(Br)cc(C)c2n1. The normalized spacial score (nSPS) is 11.0. The highest BCUT2D eigenvalue weighted by Crippen LogP contribution is 2.36. The minimum Gasteiger partial charge on any atom is -0.495 e. The molecule has 0 aliphatic carbocycles. The van der Waals surface area contributed by atoms with Crippen molar-refractivity contribution in [3.8, 4) is 16.5 Å². The maximum absolute atomic E-state index is 6.31. The van der Waals surface area contributed by atoms with Gasteiger partial charge in [0.05, 0.1) is 12.6 Å². The van der Waals surface area contributed by atoms with E-state index in [9.17, 15) is 0 Å². The molecule has 2 aromatic heterocycles. The van der Waals surface area contributed by atoms with Gasteiger partial charge in [0.25, 0.3) is 0 Å². The molecule has 6 heteroatoms. The van der Waals surface area contributed by atoms with Gasteiger partial charge in [-0.05, 0) is 36.1 Å². The molecular formula is C14H10BrClN2OS. The summed E-state index contributed by atoms with van der Waals surface area (Å²) in [6.07, 6.45) is 0. The predicted octanol–water partition coefficient (Wildman–Crippen LogP) is 5.09. The Morgan fingerprint density at radius 3 is 2.85 bits per heavy atom. The number of fused-ring (bicyclic) bond motifs is 1. The predicted molar refractivity (Wildman–Crippen MR) is 86.9 cm³/mol. The summed E-state index contributed by atoms with van der Waals surface area (Å²) in [6, 6.07) is 5.84. The number of methoxy groups -OCH3 is 1. The average molecular weight is 370 g/mol. The van der Waals surface area contributed by atoms with Gasteiger partial charge in [-0.2, -0.15) is 0 Å². The van der Waals surface area contributed by atoms with Crippen molar-refractivity contribution in [3.63, 3.8) is 0 Å². The fourth-order valence-electron chi connectivity index (χ4n) is 2.05. The van der Waals surface area contributed by atoms with E-state index >= 15 is 0 Å². The maximum atomic E-state index is 6.31. The summed E-state index contributed by atoms with van der Waals surface area (Å²) < 4.78 is 6.29. The Morgan fingerprint density at radius 1 is 1.30 bits per heavy atom. The molecule has 3 rings (SSSR count). The third-order valence-corrected chi connectivity index (χ3v) is 4.60. The second kappa shape index (κ2) is 5.31.